The van der Waals surface area contributed by atoms with Crippen molar-refractivity contribution in [1.29, 1.82) is 0 Å². The molecule has 1 fully saturated rings. The fourth-order valence-corrected chi connectivity index (χ4v) is 2.77. The van der Waals surface area contributed by atoms with E-state index in [1.807, 2.05) is 30.3 Å². The summed E-state index contributed by atoms with van der Waals surface area (Å²) in [5.74, 6) is -0.177. The van der Waals surface area contributed by atoms with Crippen LogP contribution in [0.3, 0.4) is 0 Å². The van der Waals surface area contributed by atoms with Crippen molar-refractivity contribution in [3.8, 4) is 0 Å². The van der Waals surface area contributed by atoms with E-state index in [0.29, 0.717) is 23.7 Å². The Morgan fingerprint density at radius 3 is 2.67 bits per heavy atom. The van der Waals surface area contributed by atoms with Gasteiger partial charge in [0, 0.05) is 24.7 Å². The summed E-state index contributed by atoms with van der Waals surface area (Å²) in [5, 5.41) is 3.20. The SMILES string of the molecule is O=C(/C=C/c1ccccc1)Nc1cc(N2CCCC2=O)ccc1Cl. The summed E-state index contributed by atoms with van der Waals surface area (Å²) < 4.78 is 0. The molecule has 24 heavy (non-hydrogen) atoms. The standard InChI is InChI=1S/C19H17ClN2O2/c20-16-10-9-15(22-12-4-7-19(22)24)13-17(16)21-18(23)11-8-14-5-2-1-3-6-14/h1-3,5-6,8-11,13H,4,7,12H2,(H,21,23)/b11-8+. The van der Waals surface area contributed by atoms with Crippen molar-refractivity contribution < 1.29 is 9.59 Å². The molecule has 0 aliphatic carbocycles. The maximum atomic E-state index is 12.1. The number of hydrogen-bond acceptors (Lipinski definition) is 2. The highest BCUT2D eigenvalue weighted by molar-refractivity contribution is 6.34. The van der Waals surface area contributed by atoms with E-state index in [-0.39, 0.29) is 11.8 Å². The van der Waals surface area contributed by atoms with Gasteiger partial charge >= 0.3 is 0 Å². The Morgan fingerprint density at radius 2 is 1.96 bits per heavy atom. The lowest BCUT2D eigenvalue weighted by atomic mass is 10.2. The molecule has 122 valence electrons. The molecule has 0 bridgehead atoms. The van der Waals surface area contributed by atoms with Crippen molar-refractivity contribution in [1.82, 2.24) is 0 Å². The monoisotopic (exact) mass is 340 g/mol. The molecule has 1 aliphatic rings. The van der Waals surface area contributed by atoms with Crippen molar-refractivity contribution in [2.45, 2.75) is 12.8 Å². The van der Waals surface area contributed by atoms with Gasteiger partial charge in [-0.3, -0.25) is 9.59 Å². The van der Waals surface area contributed by atoms with Crippen LogP contribution in [-0.2, 0) is 9.59 Å². The number of carbonyl (C=O) groups excluding carboxylic acids is 2. The molecule has 0 spiro atoms. The van der Waals surface area contributed by atoms with Crippen molar-refractivity contribution in [3.63, 3.8) is 0 Å². The summed E-state index contributed by atoms with van der Waals surface area (Å²) in [6.07, 6.45) is 4.60. The third-order valence-corrected chi connectivity index (χ3v) is 4.15. The molecular weight excluding hydrogens is 324 g/mol. The van der Waals surface area contributed by atoms with Crippen LogP contribution in [-0.4, -0.2) is 18.4 Å². The first kappa shape index (κ1) is 16.3. The molecule has 2 amide bonds. The number of nitrogens with one attached hydrogen (secondary N) is 1. The second-order valence-corrected chi connectivity index (χ2v) is 5.95. The van der Waals surface area contributed by atoms with Crippen LogP contribution >= 0.6 is 11.6 Å². The third-order valence-electron chi connectivity index (χ3n) is 3.82. The van der Waals surface area contributed by atoms with Gasteiger partial charge in [-0.1, -0.05) is 41.9 Å². The van der Waals surface area contributed by atoms with Gasteiger partial charge in [0.2, 0.25) is 11.8 Å². The summed E-state index contributed by atoms with van der Waals surface area (Å²) in [7, 11) is 0. The zero-order valence-electron chi connectivity index (χ0n) is 13.0. The van der Waals surface area contributed by atoms with E-state index in [0.717, 1.165) is 17.7 Å². The Balaban J connectivity index is 1.73. The van der Waals surface area contributed by atoms with Crippen LogP contribution in [0.1, 0.15) is 18.4 Å². The van der Waals surface area contributed by atoms with Crippen LogP contribution in [0, 0.1) is 0 Å². The molecular formula is C19H17ClN2O2. The molecule has 0 atom stereocenters. The molecule has 0 saturated carbocycles. The van der Waals surface area contributed by atoms with Crippen LogP contribution in [0.15, 0.2) is 54.6 Å². The molecule has 1 aliphatic heterocycles. The number of benzene rings is 2. The van der Waals surface area contributed by atoms with Gasteiger partial charge < -0.3 is 10.2 Å². The number of anilines is 2. The molecule has 5 heteroatoms. The lowest BCUT2D eigenvalue weighted by Crippen LogP contribution is -2.23. The predicted molar refractivity (Wildman–Crippen MR) is 97.1 cm³/mol. The molecule has 1 saturated heterocycles. The first-order valence-electron chi connectivity index (χ1n) is 7.77. The summed E-state index contributed by atoms with van der Waals surface area (Å²) in [5.41, 5.74) is 2.19. The van der Waals surface area contributed by atoms with E-state index in [9.17, 15) is 9.59 Å². The van der Waals surface area contributed by atoms with Gasteiger partial charge in [-0.25, -0.2) is 0 Å². The van der Waals surface area contributed by atoms with Gasteiger partial charge in [-0.05, 0) is 36.3 Å². The number of nitrogens with zero attached hydrogens (tertiary/aromatic N) is 1. The molecule has 2 aromatic carbocycles. The minimum absolute atomic E-state index is 0.0959. The first-order valence-corrected chi connectivity index (χ1v) is 8.15. The topological polar surface area (TPSA) is 49.4 Å². The molecule has 3 rings (SSSR count). The third kappa shape index (κ3) is 3.84. The molecule has 1 N–H and O–H groups in total. The number of hydrogen-bond donors (Lipinski definition) is 1. The number of halogens is 1. The van der Waals surface area contributed by atoms with Crippen LogP contribution < -0.4 is 10.2 Å². The fourth-order valence-electron chi connectivity index (χ4n) is 2.61. The molecule has 1 heterocycles. The minimum atomic E-state index is -0.273. The highest BCUT2D eigenvalue weighted by atomic mass is 35.5. The number of carbonyl (C=O) groups is 2. The second kappa shape index (κ2) is 7.32. The van der Waals surface area contributed by atoms with Crippen LogP contribution in [0.2, 0.25) is 5.02 Å². The van der Waals surface area contributed by atoms with Gasteiger partial charge in [0.1, 0.15) is 0 Å². The largest absolute Gasteiger partial charge is 0.321 e. The molecule has 0 radical (unpaired) electrons. The van der Waals surface area contributed by atoms with E-state index in [1.165, 1.54) is 6.08 Å². The highest BCUT2D eigenvalue weighted by Crippen LogP contribution is 2.29. The maximum Gasteiger partial charge on any atom is 0.248 e. The van der Waals surface area contributed by atoms with Gasteiger partial charge in [-0.2, -0.15) is 0 Å². The zero-order valence-corrected chi connectivity index (χ0v) is 13.8. The Morgan fingerprint density at radius 1 is 1.17 bits per heavy atom. The molecule has 4 nitrogen and oxygen atoms in total. The van der Waals surface area contributed by atoms with Crippen molar-refractivity contribution in [2.24, 2.45) is 0 Å². The normalized spacial score (nSPS) is 14.4. The Hall–Kier alpha value is -2.59. The van der Waals surface area contributed by atoms with E-state index in [2.05, 4.69) is 5.32 Å². The second-order valence-electron chi connectivity index (χ2n) is 5.55. The van der Waals surface area contributed by atoms with Crippen molar-refractivity contribution >= 4 is 40.9 Å². The van der Waals surface area contributed by atoms with Crippen molar-refractivity contribution in [2.75, 3.05) is 16.8 Å². The summed E-state index contributed by atoms with van der Waals surface area (Å²) in [6, 6.07) is 14.8. The highest BCUT2D eigenvalue weighted by Gasteiger charge is 2.22. The molecule has 0 aromatic heterocycles. The smallest absolute Gasteiger partial charge is 0.248 e. The molecule has 2 aromatic rings. The molecule has 0 unspecified atom stereocenters. The number of amides is 2. The van der Waals surface area contributed by atoms with E-state index >= 15 is 0 Å². The summed E-state index contributed by atoms with van der Waals surface area (Å²) in [4.78, 5) is 25.7. The fraction of sp³-hybridized carbons (Fsp3) is 0.158. The minimum Gasteiger partial charge on any atom is -0.321 e. The first-order chi connectivity index (χ1) is 11.6. The van der Waals surface area contributed by atoms with Crippen LogP contribution in [0.5, 0.6) is 0 Å². The van der Waals surface area contributed by atoms with E-state index in [1.54, 1.807) is 29.2 Å². The zero-order chi connectivity index (χ0) is 16.9. The van der Waals surface area contributed by atoms with Crippen LogP contribution in [0.25, 0.3) is 6.08 Å². The predicted octanol–water partition coefficient (Wildman–Crippen LogP) is 4.12. The summed E-state index contributed by atoms with van der Waals surface area (Å²) >= 11 is 6.16. The maximum absolute atomic E-state index is 12.1. The quantitative estimate of drug-likeness (QED) is 0.851. The van der Waals surface area contributed by atoms with Crippen molar-refractivity contribution in [3.05, 3.63) is 65.2 Å². The lowest BCUT2D eigenvalue weighted by Gasteiger charge is -2.17. The van der Waals surface area contributed by atoms with Gasteiger partial charge in [0.15, 0.2) is 0 Å². The Kier molecular flexibility index (Phi) is 4.96. The van der Waals surface area contributed by atoms with E-state index < -0.39 is 0 Å². The van der Waals surface area contributed by atoms with Gasteiger partial charge in [0.25, 0.3) is 0 Å². The average molecular weight is 341 g/mol. The van der Waals surface area contributed by atoms with Crippen LogP contribution in [0.4, 0.5) is 11.4 Å². The lowest BCUT2D eigenvalue weighted by molar-refractivity contribution is -0.117. The summed E-state index contributed by atoms with van der Waals surface area (Å²) in [6.45, 7) is 0.696. The Labute approximate surface area is 145 Å². The number of rotatable bonds is 4. The van der Waals surface area contributed by atoms with Gasteiger partial charge in [-0.15, -0.1) is 0 Å². The average Bonchev–Trinajstić information content (AvgIpc) is 3.02. The van der Waals surface area contributed by atoms with E-state index in [4.69, 9.17) is 11.6 Å². The Bertz CT molecular complexity index is 787. The van der Waals surface area contributed by atoms with Gasteiger partial charge in [0.05, 0.1) is 10.7 Å².